The van der Waals surface area contributed by atoms with E-state index in [0.29, 0.717) is 0 Å². The highest BCUT2D eigenvalue weighted by Gasteiger charge is 2.59. The van der Waals surface area contributed by atoms with Crippen LogP contribution in [0, 0.1) is 10.1 Å². The molecular formula is C28H22N2O3. The van der Waals surface area contributed by atoms with Crippen LogP contribution in [0.1, 0.15) is 25.0 Å². The van der Waals surface area contributed by atoms with E-state index < -0.39 is 5.72 Å². The smallest absolute Gasteiger partial charge is 0.270 e. The van der Waals surface area contributed by atoms with Gasteiger partial charge in [0.1, 0.15) is 5.75 Å². The van der Waals surface area contributed by atoms with Crippen molar-refractivity contribution in [3.8, 4) is 5.75 Å². The first-order valence-corrected chi connectivity index (χ1v) is 11.0. The molecule has 0 saturated carbocycles. The van der Waals surface area contributed by atoms with E-state index in [0.717, 1.165) is 33.5 Å². The summed E-state index contributed by atoms with van der Waals surface area (Å²) in [5.74, 6) is 0.765. The zero-order valence-corrected chi connectivity index (χ0v) is 18.4. The van der Waals surface area contributed by atoms with Crippen LogP contribution in [0.25, 0.3) is 16.8 Å². The molecule has 0 amide bonds. The van der Waals surface area contributed by atoms with E-state index in [4.69, 9.17) is 4.74 Å². The van der Waals surface area contributed by atoms with Gasteiger partial charge in [0.25, 0.3) is 5.69 Å². The molecule has 6 rings (SSSR count). The maximum absolute atomic E-state index is 11.2. The van der Waals surface area contributed by atoms with Crippen molar-refractivity contribution in [3.05, 3.63) is 112 Å². The molecule has 2 aliphatic heterocycles. The molecule has 1 atom stereocenters. The Labute approximate surface area is 191 Å². The van der Waals surface area contributed by atoms with Crippen molar-refractivity contribution < 1.29 is 9.66 Å². The Morgan fingerprint density at radius 1 is 0.909 bits per heavy atom. The standard InChI is InChI=1S/C28H22N2O3/c1-27(2)24-10-6-7-11-25(24)29(20-8-4-3-5-9-20)28(27)17-16-23-22-14-13-21(30(31)32)18-19(22)12-15-26(23)33-28/h3-18H,1-2H3. The van der Waals surface area contributed by atoms with Gasteiger partial charge in [-0.3, -0.25) is 15.0 Å². The first-order valence-electron chi connectivity index (χ1n) is 11.0. The summed E-state index contributed by atoms with van der Waals surface area (Å²) >= 11 is 0. The van der Waals surface area contributed by atoms with E-state index in [1.54, 1.807) is 12.1 Å². The Morgan fingerprint density at radius 2 is 1.67 bits per heavy atom. The number of fused-ring (bicyclic) bond motifs is 4. The number of hydrogen-bond acceptors (Lipinski definition) is 4. The fourth-order valence-corrected chi connectivity index (χ4v) is 5.31. The van der Waals surface area contributed by atoms with Gasteiger partial charge in [-0.2, -0.15) is 0 Å². The molecular weight excluding hydrogens is 412 g/mol. The summed E-state index contributed by atoms with van der Waals surface area (Å²) in [6.45, 7) is 4.43. The van der Waals surface area contributed by atoms with E-state index in [1.165, 1.54) is 5.56 Å². The lowest BCUT2D eigenvalue weighted by Gasteiger charge is -2.47. The number of rotatable bonds is 2. The second-order valence-corrected chi connectivity index (χ2v) is 9.08. The molecule has 4 aromatic rings. The van der Waals surface area contributed by atoms with Crippen molar-refractivity contribution in [2.45, 2.75) is 25.0 Å². The van der Waals surface area contributed by atoms with Gasteiger partial charge in [0.2, 0.25) is 5.72 Å². The minimum atomic E-state index is -0.764. The molecule has 5 heteroatoms. The largest absolute Gasteiger partial charge is 0.462 e. The van der Waals surface area contributed by atoms with Gasteiger partial charge in [-0.1, -0.05) is 42.5 Å². The second kappa shape index (κ2) is 6.69. The number of nitrogens with zero attached hydrogens (tertiary/aromatic N) is 2. The topological polar surface area (TPSA) is 55.6 Å². The number of nitro benzene ring substituents is 1. The average molecular weight is 434 g/mol. The fraction of sp³-hybridized carbons (Fsp3) is 0.143. The molecule has 0 aliphatic carbocycles. The van der Waals surface area contributed by atoms with Crippen molar-refractivity contribution in [3.63, 3.8) is 0 Å². The van der Waals surface area contributed by atoms with Crippen molar-refractivity contribution in [1.82, 2.24) is 0 Å². The van der Waals surface area contributed by atoms with E-state index in [-0.39, 0.29) is 16.0 Å². The van der Waals surface area contributed by atoms with Crippen LogP contribution in [0.15, 0.2) is 91.0 Å². The average Bonchev–Trinajstić information content (AvgIpc) is 3.02. The molecule has 0 saturated heterocycles. The molecule has 2 aliphatic rings. The number of hydrogen-bond donors (Lipinski definition) is 0. The first kappa shape index (κ1) is 19.6. The van der Waals surface area contributed by atoms with Crippen LogP contribution in [-0.2, 0) is 5.41 Å². The van der Waals surface area contributed by atoms with Crippen molar-refractivity contribution in [2.24, 2.45) is 0 Å². The lowest BCUT2D eigenvalue weighted by atomic mass is 9.76. The molecule has 5 nitrogen and oxygen atoms in total. The highest BCUT2D eigenvalue weighted by molar-refractivity contribution is 5.95. The SMILES string of the molecule is CC1(C)c2ccccc2N(c2ccccc2)C12C=Cc1c(ccc3cc([N+](=O)[O-])ccc13)O2. The monoisotopic (exact) mass is 434 g/mol. The van der Waals surface area contributed by atoms with Gasteiger partial charge in [0, 0.05) is 29.1 Å². The summed E-state index contributed by atoms with van der Waals surface area (Å²) in [7, 11) is 0. The van der Waals surface area contributed by atoms with Gasteiger partial charge in [0.15, 0.2) is 0 Å². The molecule has 2 heterocycles. The zero-order valence-electron chi connectivity index (χ0n) is 18.4. The first-order chi connectivity index (χ1) is 15.9. The summed E-state index contributed by atoms with van der Waals surface area (Å²) < 4.78 is 6.94. The van der Waals surface area contributed by atoms with Crippen molar-refractivity contribution in [2.75, 3.05) is 4.90 Å². The van der Waals surface area contributed by atoms with Gasteiger partial charge in [0.05, 0.1) is 10.3 Å². The van der Waals surface area contributed by atoms with Crippen LogP contribution in [0.5, 0.6) is 5.75 Å². The van der Waals surface area contributed by atoms with Crippen molar-refractivity contribution >= 4 is 33.9 Å². The predicted octanol–water partition coefficient (Wildman–Crippen LogP) is 6.98. The lowest BCUT2D eigenvalue weighted by molar-refractivity contribution is -0.384. The van der Waals surface area contributed by atoms with Crippen LogP contribution < -0.4 is 9.64 Å². The maximum atomic E-state index is 11.2. The Bertz CT molecular complexity index is 1460. The Hall–Kier alpha value is -4.12. The molecule has 162 valence electrons. The van der Waals surface area contributed by atoms with Crippen LogP contribution in [-0.4, -0.2) is 10.6 Å². The maximum Gasteiger partial charge on any atom is 0.270 e. The summed E-state index contributed by atoms with van der Waals surface area (Å²) in [5, 5.41) is 13.0. The van der Waals surface area contributed by atoms with E-state index in [2.05, 4.69) is 67.3 Å². The summed E-state index contributed by atoms with van der Waals surface area (Å²) in [6.07, 6.45) is 4.25. The molecule has 4 aromatic carbocycles. The molecule has 0 bridgehead atoms. The van der Waals surface area contributed by atoms with Gasteiger partial charge in [-0.25, -0.2) is 0 Å². The third kappa shape index (κ3) is 2.59. The minimum Gasteiger partial charge on any atom is -0.462 e. The van der Waals surface area contributed by atoms with E-state index >= 15 is 0 Å². The number of para-hydroxylation sites is 2. The van der Waals surface area contributed by atoms with Gasteiger partial charge < -0.3 is 4.74 Å². The van der Waals surface area contributed by atoms with Crippen molar-refractivity contribution in [1.29, 1.82) is 0 Å². The molecule has 33 heavy (non-hydrogen) atoms. The minimum absolute atomic E-state index is 0.0854. The lowest BCUT2D eigenvalue weighted by Crippen LogP contribution is -2.57. The van der Waals surface area contributed by atoms with Gasteiger partial charge >= 0.3 is 0 Å². The van der Waals surface area contributed by atoms with E-state index in [1.807, 2.05) is 36.4 Å². The van der Waals surface area contributed by atoms with Crippen LogP contribution in [0.3, 0.4) is 0 Å². The van der Waals surface area contributed by atoms with Gasteiger partial charge in [-0.05, 0) is 72.7 Å². The molecule has 0 fully saturated rings. The quantitative estimate of drug-likeness (QED) is 0.252. The van der Waals surface area contributed by atoms with Crippen LogP contribution in [0.4, 0.5) is 17.1 Å². The Balaban J connectivity index is 1.56. The summed E-state index contributed by atoms with van der Waals surface area (Å²) in [6, 6.07) is 27.5. The third-order valence-corrected chi connectivity index (χ3v) is 7.02. The van der Waals surface area contributed by atoms with Crippen LogP contribution in [0.2, 0.25) is 0 Å². The highest BCUT2D eigenvalue weighted by atomic mass is 16.6. The number of ether oxygens (including phenoxy) is 1. The number of nitro groups is 1. The molecule has 0 N–H and O–H groups in total. The highest BCUT2D eigenvalue weighted by Crippen LogP contribution is 2.57. The number of benzene rings is 4. The second-order valence-electron chi connectivity index (χ2n) is 9.08. The Kier molecular flexibility index (Phi) is 3.96. The number of anilines is 2. The molecule has 0 radical (unpaired) electrons. The molecule has 1 spiro atoms. The molecule has 1 unspecified atom stereocenters. The van der Waals surface area contributed by atoms with Crippen LogP contribution >= 0.6 is 0 Å². The fourth-order valence-electron chi connectivity index (χ4n) is 5.31. The number of non-ortho nitro benzene ring substituents is 1. The normalized spacial score (nSPS) is 19.9. The molecule has 0 aromatic heterocycles. The predicted molar refractivity (Wildman–Crippen MR) is 131 cm³/mol. The van der Waals surface area contributed by atoms with Gasteiger partial charge in [-0.15, -0.1) is 0 Å². The zero-order chi connectivity index (χ0) is 22.8. The summed E-state index contributed by atoms with van der Waals surface area (Å²) in [4.78, 5) is 13.1. The third-order valence-electron chi connectivity index (χ3n) is 7.02. The summed E-state index contributed by atoms with van der Waals surface area (Å²) in [5.41, 5.74) is 3.31. The Morgan fingerprint density at radius 3 is 2.45 bits per heavy atom. The van der Waals surface area contributed by atoms with E-state index in [9.17, 15) is 10.1 Å².